The summed E-state index contributed by atoms with van der Waals surface area (Å²) in [5, 5.41) is 11.1. The fraction of sp³-hybridized carbons (Fsp3) is 0.450. The van der Waals surface area contributed by atoms with Crippen molar-refractivity contribution in [1.29, 1.82) is 0 Å². The van der Waals surface area contributed by atoms with E-state index in [0.29, 0.717) is 17.8 Å². The molecule has 0 fully saturated rings. The van der Waals surface area contributed by atoms with Crippen LogP contribution in [0.25, 0.3) is 16.8 Å². The van der Waals surface area contributed by atoms with Gasteiger partial charge in [0.25, 0.3) is 0 Å². The van der Waals surface area contributed by atoms with E-state index in [0.717, 1.165) is 28.1 Å². The number of allylic oxidation sites excluding steroid dienone is 2. The average molecular weight is 355 g/mol. The Kier molecular flexibility index (Phi) is 4.61. The summed E-state index contributed by atoms with van der Waals surface area (Å²) in [7, 11) is 0. The first kappa shape index (κ1) is 18.2. The Labute approximate surface area is 152 Å². The van der Waals surface area contributed by atoms with Crippen LogP contribution in [0.3, 0.4) is 0 Å². The van der Waals surface area contributed by atoms with Crippen LogP contribution in [0.4, 0.5) is 0 Å². The van der Waals surface area contributed by atoms with Gasteiger partial charge in [0, 0.05) is 22.9 Å². The fourth-order valence-electron chi connectivity index (χ4n) is 3.81. The molecule has 0 aromatic carbocycles. The van der Waals surface area contributed by atoms with Crippen molar-refractivity contribution in [3.05, 3.63) is 34.3 Å². The highest BCUT2D eigenvalue weighted by atomic mass is 16.5. The van der Waals surface area contributed by atoms with Gasteiger partial charge in [0.1, 0.15) is 0 Å². The number of rotatable bonds is 5. The van der Waals surface area contributed by atoms with Gasteiger partial charge in [0.2, 0.25) is 0 Å². The molecule has 1 atom stereocenters. The summed E-state index contributed by atoms with van der Waals surface area (Å²) in [6, 6.07) is 2.11. The molecule has 0 saturated heterocycles. The normalized spacial score (nSPS) is 16.3. The van der Waals surface area contributed by atoms with Crippen LogP contribution in [0.1, 0.15) is 67.6 Å². The van der Waals surface area contributed by atoms with E-state index in [1.807, 2.05) is 13.0 Å². The van der Waals surface area contributed by atoms with Crippen molar-refractivity contribution in [1.82, 2.24) is 9.55 Å². The summed E-state index contributed by atoms with van der Waals surface area (Å²) < 4.78 is 7.28. The zero-order chi connectivity index (χ0) is 19.2. The van der Waals surface area contributed by atoms with E-state index in [9.17, 15) is 14.7 Å². The number of nitrogens with zero attached hydrogens (tertiary/aromatic N) is 2. The first-order valence-electron chi connectivity index (χ1n) is 8.87. The molecular weight excluding hydrogens is 332 g/mol. The monoisotopic (exact) mass is 355 g/mol. The number of aromatic nitrogens is 2. The van der Waals surface area contributed by atoms with Crippen molar-refractivity contribution in [2.75, 3.05) is 6.61 Å². The Balaban J connectivity index is 2.27. The smallest absolute Gasteiger partial charge is 0.357 e. The van der Waals surface area contributed by atoms with Gasteiger partial charge >= 0.3 is 5.97 Å². The largest absolute Gasteiger partial charge is 0.550 e. The second-order valence-electron chi connectivity index (χ2n) is 6.77. The molecule has 3 rings (SSSR count). The minimum atomic E-state index is -1.09. The molecule has 0 amide bonds. The van der Waals surface area contributed by atoms with Crippen molar-refractivity contribution in [3.63, 3.8) is 0 Å². The molecule has 0 spiro atoms. The van der Waals surface area contributed by atoms with Crippen molar-refractivity contribution < 1.29 is 19.4 Å². The molecule has 0 aromatic heterocycles. The van der Waals surface area contributed by atoms with E-state index >= 15 is 0 Å². The number of esters is 1. The molecule has 0 saturated carbocycles. The number of ether oxygens (including phenoxy) is 1. The van der Waals surface area contributed by atoms with Gasteiger partial charge < -0.3 is 19.2 Å². The second kappa shape index (κ2) is 6.59. The average Bonchev–Trinajstić information content (AvgIpc) is 3.03. The molecule has 0 radical (unpaired) electrons. The van der Waals surface area contributed by atoms with Crippen molar-refractivity contribution in [2.24, 2.45) is 0 Å². The van der Waals surface area contributed by atoms with Gasteiger partial charge in [-0.1, -0.05) is 0 Å². The lowest BCUT2D eigenvalue weighted by atomic mass is 9.99. The molecule has 0 bridgehead atoms. The summed E-state index contributed by atoms with van der Waals surface area (Å²) in [5.41, 5.74) is 6.87. The Morgan fingerprint density at radius 3 is 2.62 bits per heavy atom. The minimum absolute atomic E-state index is 0.0806. The highest BCUT2D eigenvalue weighted by molar-refractivity contribution is 5.94. The fourth-order valence-corrected chi connectivity index (χ4v) is 3.81. The van der Waals surface area contributed by atoms with Gasteiger partial charge in [-0.25, -0.2) is 9.78 Å². The maximum Gasteiger partial charge on any atom is 0.357 e. The number of carboxylic acids is 1. The van der Waals surface area contributed by atoms with E-state index in [2.05, 4.69) is 30.3 Å². The quantitative estimate of drug-likeness (QED) is 0.770. The highest BCUT2D eigenvalue weighted by Crippen LogP contribution is 2.43. The number of aliphatic carboxylic acids is 1. The van der Waals surface area contributed by atoms with Crippen LogP contribution >= 0.6 is 0 Å². The number of carbonyl (C=O) groups is 2. The first-order valence-corrected chi connectivity index (χ1v) is 8.87. The highest BCUT2D eigenvalue weighted by Gasteiger charge is 2.31. The van der Waals surface area contributed by atoms with Crippen LogP contribution in [-0.4, -0.2) is 28.1 Å². The summed E-state index contributed by atoms with van der Waals surface area (Å²) in [5.74, 6) is -1.54. The third-order valence-corrected chi connectivity index (χ3v) is 5.36. The van der Waals surface area contributed by atoms with E-state index < -0.39 is 11.9 Å². The van der Waals surface area contributed by atoms with Gasteiger partial charge in [-0.2, -0.15) is 0 Å². The predicted molar refractivity (Wildman–Crippen MR) is 95.8 cm³/mol. The number of hydrogen-bond acceptors (Lipinski definition) is 5. The van der Waals surface area contributed by atoms with Crippen molar-refractivity contribution >= 4 is 17.5 Å². The summed E-state index contributed by atoms with van der Waals surface area (Å²) in [6.07, 6.45) is 0.245. The molecule has 6 heteroatoms. The van der Waals surface area contributed by atoms with E-state index in [4.69, 9.17) is 4.74 Å². The number of carbonyl (C=O) groups excluding carboxylic acids is 2. The number of carboxylic acid groups (broad SMARTS) is 1. The zero-order valence-corrected chi connectivity index (χ0v) is 15.8. The molecule has 3 heterocycles. The molecule has 0 N–H and O–H groups in total. The molecule has 0 unspecified atom stereocenters. The predicted octanol–water partition coefficient (Wildman–Crippen LogP) is 2.52. The third-order valence-electron chi connectivity index (χ3n) is 5.36. The van der Waals surface area contributed by atoms with E-state index in [1.165, 1.54) is 5.57 Å². The lowest BCUT2D eigenvalue weighted by Gasteiger charge is -2.22. The molecule has 26 heavy (non-hydrogen) atoms. The molecule has 6 nitrogen and oxygen atoms in total. The third kappa shape index (κ3) is 2.69. The Morgan fingerprint density at radius 1 is 1.31 bits per heavy atom. The van der Waals surface area contributed by atoms with Crippen LogP contribution in [0.5, 0.6) is 0 Å². The van der Waals surface area contributed by atoms with Gasteiger partial charge in [-0.05, 0) is 70.2 Å². The van der Waals surface area contributed by atoms with Crippen LogP contribution in [0.2, 0.25) is 0 Å². The Hall–Kier alpha value is -2.63. The minimum Gasteiger partial charge on any atom is -0.550 e. The van der Waals surface area contributed by atoms with Crippen molar-refractivity contribution in [2.45, 2.75) is 53.5 Å². The topological polar surface area (TPSA) is 84.2 Å². The van der Waals surface area contributed by atoms with Crippen LogP contribution in [-0.2, 0) is 16.0 Å². The van der Waals surface area contributed by atoms with Crippen LogP contribution in [0.15, 0.2) is 11.6 Å². The molecule has 0 aliphatic carbocycles. The number of pyridine rings is 1. The van der Waals surface area contributed by atoms with Crippen LogP contribution in [0, 0.1) is 6.92 Å². The lowest BCUT2D eigenvalue weighted by molar-refractivity contribution is -0.305. The maximum absolute atomic E-state index is 12.2. The summed E-state index contributed by atoms with van der Waals surface area (Å²) in [4.78, 5) is 27.8. The van der Waals surface area contributed by atoms with Gasteiger partial charge in [0.05, 0.1) is 18.3 Å². The Morgan fingerprint density at radius 2 is 2.00 bits per heavy atom. The van der Waals surface area contributed by atoms with E-state index in [1.54, 1.807) is 6.92 Å². The molecule has 3 aliphatic rings. The summed E-state index contributed by atoms with van der Waals surface area (Å²) in [6.45, 7) is 10.1. The van der Waals surface area contributed by atoms with E-state index in [-0.39, 0.29) is 19.1 Å². The molecular formula is C20H23N2O4-. The number of fused-ring (bicyclic) bond motifs is 2. The first-order chi connectivity index (χ1) is 12.3. The maximum atomic E-state index is 12.2. The lowest BCUT2D eigenvalue weighted by Crippen LogP contribution is -2.24. The Bertz CT molecular complexity index is 907. The summed E-state index contributed by atoms with van der Waals surface area (Å²) >= 11 is 0. The zero-order valence-electron chi connectivity index (χ0n) is 15.8. The standard InChI is InChI=1S/C20H24N2O4/c1-6-26-20(25)19-12(4)18-14(21-19)9-16-11(3)10(2)13(5)22(16)15(18)7-8-17(23)24/h9,13H,6-8H2,1-5H3,(H,23,24)/p-1/t13-/m1/s1. The SMILES string of the molecule is CCOC(=O)c1nc2cc3n(c(CCC(=O)[O-])c-2c1C)[C@H](C)C(C)=C3C. The van der Waals surface area contributed by atoms with Gasteiger partial charge in [0.15, 0.2) is 5.69 Å². The second-order valence-corrected chi connectivity index (χ2v) is 6.77. The van der Waals surface area contributed by atoms with Gasteiger partial charge in [-0.15, -0.1) is 0 Å². The molecule has 0 aromatic rings. The van der Waals surface area contributed by atoms with Crippen molar-refractivity contribution in [3.8, 4) is 11.3 Å². The van der Waals surface area contributed by atoms with Crippen LogP contribution < -0.4 is 5.11 Å². The molecule has 3 aliphatic heterocycles. The molecule has 138 valence electrons. The van der Waals surface area contributed by atoms with Gasteiger partial charge in [-0.3, -0.25) is 0 Å². The number of hydrogen-bond donors (Lipinski definition) is 0.